The molecule has 26 heavy (non-hydrogen) atoms. The molecule has 0 N–H and O–H groups in total. The maximum atomic E-state index is 2.50. The van der Waals surface area contributed by atoms with Crippen molar-refractivity contribution >= 4 is 13.3 Å². The zero-order valence-corrected chi connectivity index (χ0v) is 19.4. The summed E-state index contributed by atoms with van der Waals surface area (Å²) >= 11 is 0. The largest absolute Gasteiger partial charge is 0.212 e. The molecule has 2 rings (SSSR count). The van der Waals surface area contributed by atoms with E-state index >= 15 is 0 Å². The zero-order valence-electron chi connectivity index (χ0n) is 18.4. The number of hydrogen-bond acceptors (Lipinski definition) is 0. The fourth-order valence-electron chi connectivity index (χ4n) is 3.98. The first-order valence-electron chi connectivity index (χ1n) is 10.2. The molecule has 142 valence electrons. The second kappa shape index (κ2) is 8.08. The first-order chi connectivity index (χ1) is 12.1. The molecule has 0 aliphatic heterocycles. The molecular formula is C24H38NSi+. The Labute approximate surface area is 162 Å². The van der Waals surface area contributed by atoms with Gasteiger partial charge in [-0.25, -0.2) is 4.57 Å². The predicted octanol–water partition coefficient (Wildman–Crippen LogP) is 6.06. The van der Waals surface area contributed by atoms with Gasteiger partial charge < -0.3 is 0 Å². The minimum atomic E-state index is -1.41. The lowest BCUT2D eigenvalue weighted by atomic mass is 9.90. The van der Waals surface area contributed by atoms with Gasteiger partial charge in [0.15, 0.2) is 6.20 Å². The van der Waals surface area contributed by atoms with E-state index < -0.39 is 8.07 Å². The van der Waals surface area contributed by atoms with Crippen LogP contribution < -0.4 is 9.75 Å². The van der Waals surface area contributed by atoms with E-state index in [0.29, 0.717) is 11.8 Å². The lowest BCUT2D eigenvalue weighted by Crippen LogP contribution is -2.45. The Morgan fingerprint density at radius 2 is 1.62 bits per heavy atom. The summed E-state index contributed by atoms with van der Waals surface area (Å²) in [6, 6.07) is 9.60. The van der Waals surface area contributed by atoms with E-state index in [1.165, 1.54) is 40.8 Å². The molecule has 0 saturated carbocycles. The van der Waals surface area contributed by atoms with Gasteiger partial charge in [0.2, 0.25) is 5.69 Å². The van der Waals surface area contributed by atoms with Crippen LogP contribution in [0.3, 0.4) is 0 Å². The van der Waals surface area contributed by atoms with E-state index in [9.17, 15) is 0 Å². The maximum absolute atomic E-state index is 2.50. The van der Waals surface area contributed by atoms with Crippen molar-refractivity contribution in [1.82, 2.24) is 0 Å². The molecule has 1 aromatic carbocycles. The molecule has 0 unspecified atom stereocenters. The smallest absolute Gasteiger partial charge is 0.201 e. The summed E-state index contributed by atoms with van der Waals surface area (Å²) in [4.78, 5) is 0. The molecule has 0 aliphatic rings. The van der Waals surface area contributed by atoms with Crippen LogP contribution in [0.25, 0.3) is 11.3 Å². The summed E-state index contributed by atoms with van der Waals surface area (Å²) in [7, 11) is 0.799. The molecule has 0 spiro atoms. The van der Waals surface area contributed by atoms with Gasteiger partial charge in [-0.2, -0.15) is 0 Å². The zero-order chi connectivity index (χ0) is 19.6. The number of aromatic nitrogens is 1. The summed E-state index contributed by atoms with van der Waals surface area (Å²) in [6.07, 6.45) is 4.80. The van der Waals surface area contributed by atoms with Gasteiger partial charge >= 0.3 is 0 Å². The Hall–Kier alpha value is -1.41. The van der Waals surface area contributed by atoms with Crippen LogP contribution in [0.1, 0.15) is 69.1 Å². The van der Waals surface area contributed by atoms with Crippen LogP contribution in [0.5, 0.6) is 0 Å². The number of benzene rings is 1. The van der Waals surface area contributed by atoms with Crippen LogP contribution in [0.2, 0.25) is 19.6 Å². The fraction of sp³-hybridized carbons (Fsp3) is 0.542. The maximum Gasteiger partial charge on any atom is 0.212 e. The molecule has 0 bridgehead atoms. The second-order valence-corrected chi connectivity index (χ2v) is 14.2. The molecular weight excluding hydrogens is 330 g/mol. The lowest BCUT2D eigenvalue weighted by molar-refractivity contribution is -0.660. The number of aryl methyl sites for hydroxylation is 2. The van der Waals surface area contributed by atoms with Gasteiger partial charge in [0.05, 0.1) is 8.07 Å². The van der Waals surface area contributed by atoms with Crippen LogP contribution >= 0.6 is 0 Å². The average molecular weight is 369 g/mol. The molecule has 0 fully saturated rings. The first kappa shape index (κ1) is 20.9. The van der Waals surface area contributed by atoms with Crippen LogP contribution in [0.15, 0.2) is 30.5 Å². The van der Waals surface area contributed by atoms with Crippen molar-refractivity contribution in [2.24, 2.45) is 7.05 Å². The Bertz CT molecular complexity index is 765. The number of pyridine rings is 1. The minimum Gasteiger partial charge on any atom is -0.201 e. The van der Waals surface area contributed by atoms with Crippen molar-refractivity contribution in [2.75, 3.05) is 0 Å². The SMILES string of the molecule is CCC(CC)c1ccc(C)c(-c2cc([Si](C)(C)C)c(C(C)C)c[n+]2C)c1. The van der Waals surface area contributed by atoms with Gasteiger partial charge in [0.1, 0.15) is 7.05 Å². The number of rotatable bonds is 6. The van der Waals surface area contributed by atoms with Crippen molar-refractivity contribution in [3.05, 3.63) is 47.2 Å². The predicted molar refractivity (Wildman–Crippen MR) is 118 cm³/mol. The third-order valence-electron chi connectivity index (χ3n) is 5.73. The monoisotopic (exact) mass is 368 g/mol. The normalized spacial score (nSPS) is 12.3. The van der Waals surface area contributed by atoms with Crippen molar-refractivity contribution in [1.29, 1.82) is 0 Å². The summed E-state index contributed by atoms with van der Waals surface area (Å²) in [6.45, 7) is 18.9. The molecule has 0 aliphatic carbocycles. The van der Waals surface area contributed by atoms with Gasteiger partial charge in [0, 0.05) is 17.2 Å². The minimum absolute atomic E-state index is 0.564. The molecule has 1 heterocycles. The third-order valence-corrected chi connectivity index (χ3v) is 7.78. The number of nitrogens with zero attached hydrogens (tertiary/aromatic N) is 1. The highest BCUT2D eigenvalue weighted by molar-refractivity contribution is 6.89. The van der Waals surface area contributed by atoms with E-state index in [-0.39, 0.29) is 0 Å². The molecule has 0 radical (unpaired) electrons. The van der Waals surface area contributed by atoms with Gasteiger partial charge in [-0.15, -0.1) is 0 Å². The Balaban J connectivity index is 2.71. The van der Waals surface area contributed by atoms with E-state index in [0.717, 1.165) is 0 Å². The highest BCUT2D eigenvalue weighted by atomic mass is 28.3. The van der Waals surface area contributed by atoms with E-state index in [1.54, 1.807) is 5.19 Å². The topological polar surface area (TPSA) is 3.88 Å². The van der Waals surface area contributed by atoms with Crippen LogP contribution in [-0.2, 0) is 7.05 Å². The van der Waals surface area contributed by atoms with Crippen molar-refractivity contribution in [3.63, 3.8) is 0 Å². The van der Waals surface area contributed by atoms with Crippen LogP contribution in [0, 0.1) is 6.92 Å². The highest BCUT2D eigenvalue weighted by Gasteiger charge is 2.27. The van der Waals surface area contributed by atoms with Crippen molar-refractivity contribution in [2.45, 2.75) is 78.9 Å². The molecule has 1 nitrogen and oxygen atoms in total. The van der Waals surface area contributed by atoms with Crippen LogP contribution in [0.4, 0.5) is 0 Å². The van der Waals surface area contributed by atoms with Crippen molar-refractivity contribution in [3.8, 4) is 11.3 Å². The van der Waals surface area contributed by atoms with Crippen molar-refractivity contribution < 1.29 is 4.57 Å². The summed E-state index contributed by atoms with van der Waals surface area (Å²) in [5.41, 5.74) is 7.13. The summed E-state index contributed by atoms with van der Waals surface area (Å²) in [5, 5.41) is 1.60. The fourth-order valence-corrected chi connectivity index (χ4v) is 5.77. The molecule has 0 saturated heterocycles. The summed E-state index contributed by atoms with van der Waals surface area (Å²) in [5.74, 6) is 1.22. The Morgan fingerprint density at radius 3 is 2.12 bits per heavy atom. The average Bonchev–Trinajstić information content (AvgIpc) is 2.56. The quantitative estimate of drug-likeness (QED) is 0.431. The Morgan fingerprint density at radius 1 is 1.00 bits per heavy atom. The van der Waals surface area contributed by atoms with Gasteiger partial charge in [-0.1, -0.05) is 59.5 Å². The third kappa shape index (κ3) is 4.28. The molecule has 0 amide bonds. The van der Waals surface area contributed by atoms with Gasteiger partial charge in [-0.3, -0.25) is 0 Å². The molecule has 2 heteroatoms. The molecule has 0 atom stereocenters. The standard InChI is InChI=1S/C24H38NSi/c1-10-19(11-2)20-13-12-18(5)21(14-20)23-15-24(26(7,8)9)22(17(3)4)16-25(23)6/h12-17,19H,10-11H2,1-9H3/q+1. The Kier molecular flexibility index (Phi) is 6.49. The van der Waals surface area contributed by atoms with E-state index in [1.807, 2.05) is 0 Å². The summed E-state index contributed by atoms with van der Waals surface area (Å²) < 4.78 is 2.35. The highest BCUT2D eigenvalue weighted by Crippen LogP contribution is 2.29. The van der Waals surface area contributed by atoms with E-state index in [4.69, 9.17) is 0 Å². The molecule has 1 aromatic heterocycles. The number of hydrogen-bond donors (Lipinski definition) is 0. The molecule has 2 aromatic rings. The van der Waals surface area contributed by atoms with E-state index in [2.05, 4.69) is 96.3 Å². The van der Waals surface area contributed by atoms with Crippen LogP contribution in [-0.4, -0.2) is 8.07 Å². The lowest BCUT2D eigenvalue weighted by Gasteiger charge is -2.23. The van der Waals surface area contributed by atoms with Gasteiger partial charge in [-0.05, 0) is 54.0 Å². The van der Waals surface area contributed by atoms with Gasteiger partial charge in [0.25, 0.3) is 0 Å². The second-order valence-electron chi connectivity index (χ2n) is 9.13. The first-order valence-corrected chi connectivity index (χ1v) is 13.7.